The molecule has 0 aliphatic heterocycles. The summed E-state index contributed by atoms with van der Waals surface area (Å²) in [5.41, 5.74) is 1.03. The van der Waals surface area contributed by atoms with E-state index in [9.17, 15) is 4.79 Å². The average molecular weight is 326 g/mol. The number of nitrogens with one attached hydrogen (secondary N) is 2. The van der Waals surface area contributed by atoms with Crippen molar-refractivity contribution < 1.29 is 0 Å². The molecule has 0 saturated carbocycles. The Balaban J connectivity index is 2.04. The fourth-order valence-corrected chi connectivity index (χ4v) is 4.02. The van der Waals surface area contributed by atoms with Crippen molar-refractivity contribution in [1.29, 1.82) is 0 Å². The maximum Gasteiger partial charge on any atom is 0.259 e. The number of aryl methyl sites for hydroxylation is 2. The summed E-state index contributed by atoms with van der Waals surface area (Å²) in [5.74, 6) is 3.05. The summed E-state index contributed by atoms with van der Waals surface area (Å²) in [6, 6.07) is 0.428. The molecule has 2 aromatic heterocycles. The van der Waals surface area contributed by atoms with Gasteiger partial charge in [0.1, 0.15) is 10.7 Å². The Hall–Kier alpha value is -0.850. The number of thiophene rings is 1. The van der Waals surface area contributed by atoms with Crippen LogP contribution in [0.4, 0.5) is 0 Å². The molecule has 2 N–H and O–H groups in total. The minimum atomic E-state index is -0.0205. The van der Waals surface area contributed by atoms with Gasteiger partial charge >= 0.3 is 0 Å². The monoisotopic (exact) mass is 325 g/mol. The average Bonchev–Trinajstić information content (AvgIpc) is 2.72. The fraction of sp³-hybridized carbons (Fsp3) is 0.600. The van der Waals surface area contributed by atoms with Gasteiger partial charge in [-0.2, -0.15) is 11.8 Å². The van der Waals surface area contributed by atoms with Crippen molar-refractivity contribution >= 4 is 33.3 Å². The Morgan fingerprint density at radius 2 is 2.19 bits per heavy atom. The van der Waals surface area contributed by atoms with Crippen molar-refractivity contribution in [2.45, 2.75) is 46.7 Å². The molecule has 116 valence electrons. The molecule has 0 bridgehead atoms. The fourth-order valence-electron chi connectivity index (χ4n) is 2.16. The van der Waals surface area contributed by atoms with Crippen molar-refractivity contribution in [3.05, 3.63) is 26.6 Å². The van der Waals surface area contributed by atoms with Crippen LogP contribution in [0.3, 0.4) is 0 Å². The van der Waals surface area contributed by atoms with Crippen LogP contribution in [-0.4, -0.2) is 27.5 Å². The summed E-state index contributed by atoms with van der Waals surface area (Å²) in [6.45, 7) is 8.98. The number of aromatic nitrogens is 2. The topological polar surface area (TPSA) is 57.8 Å². The number of hydrogen-bond donors (Lipinski definition) is 2. The van der Waals surface area contributed by atoms with E-state index in [2.05, 4.69) is 29.1 Å². The summed E-state index contributed by atoms with van der Waals surface area (Å²) in [4.78, 5) is 21.7. The van der Waals surface area contributed by atoms with Crippen LogP contribution >= 0.6 is 23.1 Å². The van der Waals surface area contributed by atoms with Crippen molar-refractivity contribution in [3.8, 4) is 0 Å². The highest BCUT2D eigenvalue weighted by Crippen LogP contribution is 2.25. The van der Waals surface area contributed by atoms with E-state index >= 15 is 0 Å². The third-order valence-corrected chi connectivity index (χ3v) is 5.64. The molecule has 2 aromatic rings. The summed E-state index contributed by atoms with van der Waals surface area (Å²) >= 11 is 3.55. The van der Waals surface area contributed by atoms with Crippen LogP contribution in [0.25, 0.3) is 10.2 Å². The predicted octanol–water partition coefficient (Wildman–Crippen LogP) is 3.22. The molecule has 1 unspecified atom stereocenters. The summed E-state index contributed by atoms with van der Waals surface area (Å²) in [7, 11) is 0. The highest BCUT2D eigenvalue weighted by Gasteiger charge is 2.12. The number of nitrogens with zero attached hydrogens (tertiary/aromatic N) is 1. The van der Waals surface area contributed by atoms with Gasteiger partial charge in [-0.05, 0) is 44.3 Å². The van der Waals surface area contributed by atoms with Gasteiger partial charge in [0.2, 0.25) is 0 Å². The van der Waals surface area contributed by atoms with E-state index in [-0.39, 0.29) is 5.56 Å². The first kappa shape index (κ1) is 16.5. The minimum absolute atomic E-state index is 0.0205. The third kappa shape index (κ3) is 4.08. The number of hydrogen-bond acceptors (Lipinski definition) is 5. The van der Waals surface area contributed by atoms with E-state index < -0.39 is 0 Å². The molecular weight excluding hydrogens is 302 g/mol. The van der Waals surface area contributed by atoms with Crippen LogP contribution in [0.5, 0.6) is 0 Å². The number of thioether (sulfide) groups is 1. The maximum absolute atomic E-state index is 12.2. The lowest BCUT2D eigenvalue weighted by Crippen LogP contribution is -2.28. The van der Waals surface area contributed by atoms with Gasteiger partial charge < -0.3 is 10.3 Å². The Kier molecular flexibility index (Phi) is 5.84. The Morgan fingerprint density at radius 3 is 2.90 bits per heavy atom. The third-order valence-electron chi connectivity index (χ3n) is 3.61. The molecule has 0 radical (unpaired) electrons. The van der Waals surface area contributed by atoms with E-state index in [0.29, 0.717) is 12.6 Å². The minimum Gasteiger partial charge on any atom is -0.309 e. The van der Waals surface area contributed by atoms with Crippen LogP contribution in [0.1, 0.15) is 36.5 Å². The molecule has 0 spiro atoms. The Labute approximate surface area is 133 Å². The van der Waals surface area contributed by atoms with E-state index in [4.69, 9.17) is 0 Å². The second kappa shape index (κ2) is 7.42. The SMILES string of the molecule is CCSCCC(C)NCc1nc2sc(C)c(C)c2c(=O)[nH]1. The van der Waals surface area contributed by atoms with Crippen LogP contribution in [0, 0.1) is 13.8 Å². The zero-order valence-electron chi connectivity index (χ0n) is 13.1. The van der Waals surface area contributed by atoms with Crippen molar-refractivity contribution in [3.63, 3.8) is 0 Å². The lowest BCUT2D eigenvalue weighted by atomic mass is 10.2. The van der Waals surface area contributed by atoms with Crippen molar-refractivity contribution in [2.75, 3.05) is 11.5 Å². The molecule has 21 heavy (non-hydrogen) atoms. The molecular formula is C15H23N3OS2. The molecule has 0 amide bonds. The number of rotatable bonds is 7. The van der Waals surface area contributed by atoms with Crippen molar-refractivity contribution in [2.24, 2.45) is 0 Å². The molecule has 6 heteroatoms. The van der Waals surface area contributed by atoms with Crippen LogP contribution in [0.15, 0.2) is 4.79 Å². The zero-order chi connectivity index (χ0) is 15.4. The van der Waals surface area contributed by atoms with Gasteiger partial charge in [0.05, 0.1) is 11.9 Å². The zero-order valence-corrected chi connectivity index (χ0v) is 14.7. The molecule has 1 atom stereocenters. The van der Waals surface area contributed by atoms with Crippen LogP contribution in [0.2, 0.25) is 0 Å². The lowest BCUT2D eigenvalue weighted by Gasteiger charge is -2.12. The molecule has 4 nitrogen and oxygen atoms in total. The van der Waals surface area contributed by atoms with Gasteiger partial charge in [0, 0.05) is 10.9 Å². The number of H-pyrrole nitrogens is 1. The summed E-state index contributed by atoms with van der Waals surface area (Å²) in [5, 5.41) is 4.17. The van der Waals surface area contributed by atoms with Gasteiger partial charge in [-0.1, -0.05) is 6.92 Å². The molecule has 0 aliphatic carbocycles. The molecule has 2 rings (SSSR count). The molecule has 0 aliphatic rings. The first-order valence-electron chi connectivity index (χ1n) is 7.33. The van der Waals surface area contributed by atoms with Crippen LogP contribution < -0.4 is 10.9 Å². The van der Waals surface area contributed by atoms with Gasteiger partial charge in [0.15, 0.2) is 0 Å². The Bertz CT molecular complexity index is 663. The number of fused-ring (bicyclic) bond motifs is 1. The van der Waals surface area contributed by atoms with Gasteiger partial charge in [-0.15, -0.1) is 11.3 Å². The van der Waals surface area contributed by atoms with Gasteiger partial charge in [-0.3, -0.25) is 4.79 Å². The van der Waals surface area contributed by atoms with E-state index in [1.54, 1.807) is 11.3 Å². The lowest BCUT2D eigenvalue weighted by molar-refractivity contribution is 0.526. The second-order valence-corrected chi connectivity index (χ2v) is 7.84. The molecule has 0 aromatic carbocycles. The van der Waals surface area contributed by atoms with Crippen LogP contribution in [-0.2, 0) is 6.54 Å². The highest BCUT2D eigenvalue weighted by molar-refractivity contribution is 7.99. The van der Waals surface area contributed by atoms with Gasteiger partial charge in [-0.25, -0.2) is 4.98 Å². The van der Waals surface area contributed by atoms with Gasteiger partial charge in [0.25, 0.3) is 5.56 Å². The second-order valence-electron chi connectivity index (χ2n) is 5.24. The quantitative estimate of drug-likeness (QED) is 0.768. The normalized spacial score (nSPS) is 13.0. The van der Waals surface area contributed by atoms with E-state index in [1.165, 1.54) is 0 Å². The Morgan fingerprint density at radius 1 is 1.43 bits per heavy atom. The number of aromatic amines is 1. The largest absolute Gasteiger partial charge is 0.309 e. The molecule has 0 fully saturated rings. The highest BCUT2D eigenvalue weighted by atomic mass is 32.2. The first-order chi connectivity index (χ1) is 10.0. The maximum atomic E-state index is 12.2. The van der Waals surface area contributed by atoms with E-state index in [0.717, 1.165) is 44.4 Å². The first-order valence-corrected chi connectivity index (χ1v) is 9.30. The summed E-state index contributed by atoms with van der Waals surface area (Å²) < 4.78 is 0. The predicted molar refractivity (Wildman–Crippen MR) is 93.6 cm³/mol. The van der Waals surface area contributed by atoms with E-state index in [1.807, 2.05) is 25.6 Å². The summed E-state index contributed by atoms with van der Waals surface area (Å²) in [6.07, 6.45) is 1.13. The molecule has 2 heterocycles. The smallest absolute Gasteiger partial charge is 0.259 e. The standard InChI is InChI=1S/C15H23N3OS2/c1-5-20-7-6-9(2)16-8-12-17-14(19)13-10(3)11(4)21-15(13)18-12/h9,16H,5-8H2,1-4H3,(H,17,18,19). The van der Waals surface area contributed by atoms with Crippen molar-refractivity contribution in [1.82, 2.24) is 15.3 Å². The molecule has 0 saturated heterocycles.